The van der Waals surface area contributed by atoms with Crippen molar-refractivity contribution in [2.75, 3.05) is 12.8 Å². The lowest BCUT2D eigenvalue weighted by Gasteiger charge is -2.49. The predicted octanol–water partition coefficient (Wildman–Crippen LogP) is 4.06. The molecule has 2 unspecified atom stereocenters. The fourth-order valence-corrected chi connectivity index (χ4v) is 5.69. The summed E-state index contributed by atoms with van der Waals surface area (Å²) in [7, 11) is -3.25. The maximum absolute atomic E-state index is 12.5. The zero-order chi connectivity index (χ0) is 17.9. The van der Waals surface area contributed by atoms with Crippen LogP contribution in [-0.4, -0.2) is 31.1 Å². The first-order chi connectivity index (χ1) is 11.9. The van der Waals surface area contributed by atoms with Crippen LogP contribution in [0.1, 0.15) is 30.9 Å². The van der Waals surface area contributed by atoms with Gasteiger partial charge in [-0.05, 0) is 49.7 Å². The molecule has 0 radical (unpaired) electrons. The van der Waals surface area contributed by atoms with Crippen LogP contribution in [0, 0.1) is 5.92 Å². The molecular weight excluding hydrogens is 344 g/mol. The molecule has 0 saturated carbocycles. The molecule has 4 nitrogen and oxygen atoms in total. The van der Waals surface area contributed by atoms with Crippen LogP contribution < -0.4 is 6.15 Å². The van der Waals surface area contributed by atoms with E-state index in [-0.39, 0.29) is 6.15 Å². The number of nitrogens with zero attached hydrogens (tertiary/aromatic N) is 1. The van der Waals surface area contributed by atoms with E-state index in [0.29, 0.717) is 12.5 Å². The Bertz CT molecular complexity index is 793. The third-order valence-electron chi connectivity index (χ3n) is 5.49. The van der Waals surface area contributed by atoms with Crippen LogP contribution in [0.4, 0.5) is 0 Å². The number of piperidine rings is 1. The summed E-state index contributed by atoms with van der Waals surface area (Å²) in [6.07, 6.45) is 4.99. The first kappa shape index (κ1) is 20.6. The van der Waals surface area contributed by atoms with Gasteiger partial charge in [0.2, 0.25) is 10.0 Å². The normalized spacial score (nSPS) is 24.0. The highest BCUT2D eigenvalue weighted by Crippen LogP contribution is 2.39. The summed E-state index contributed by atoms with van der Waals surface area (Å²) < 4.78 is 26.8. The Balaban J connectivity index is 0.00000243. The molecule has 2 aromatic rings. The Morgan fingerprint density at radius 1 is 1.00 bits per heavy atom. The minimum Gasteiger partial charge on any atom is -0.344 e. The molecule has 3 rings (SSSR count). The van der Waals surface area contributed by atoms with E-state index in [9.17, 15) is 8.42 Å². The number of rotatable bonds is 5. The van der Waals surface area contributed by atoms with Gasteiger partial charge in [-0.1, -0.05) is 60.7 Å². The molecule has 0 bridgehead atoms. The zero-order valence-electron chi connectivity index (χ0n) is 15.8. The van der Waals surface area contributed by atoms with Gasteiger partial charge in [0.05, 0.1) is 6.26 Å². The third-order valence-corrected chi connectivity index (χ3v) is 6.89. The van der Waals surface area contributed by atoms with Crippen molar-refractivity contribution in [2.45, 2.75) is 38.1 Å². The van der Waals surface area contributed by atoms with Gasteiger partial charge >= 0.3 is 0 Å². The number of hydrogen-bond donors (Lipinski definition) is 1. The van der Waals surface area contributed by atoms with Gasteiger partial charge in [0.15, 0.2) is 0 Å². The second kappa shape index (κ2) is 8.33. The Morgan fingerprint density at radius 2 is 1.54 bits per heavy atom. The van der Waals surface area contributed by atoms with Gasteiger partial charge in [0.1, 0.15) is 0 Å². The van der Waals surface area contributed by atoms with Gasteiger partial charge in [0.25, 0.3) is 0 Å². The first-order valence-electron chi connectivity index (χ1n) is 8.95. The second-order valence-electron chi connectivity index (χ2n) is 7.38. The summed E-state index contributed by atoms with van der Waals surface area (Å²) in [6.45, 7) is 2.75. The molecule has 1 fully saturated rings. The fourth-order valence-electron chi connectivity index (χ4n) is 4.26. The van der Waals surface area contributed by atoms with Crippen molar-refractivity contribution in [2.24, 2.45) is 5.92 Å². The smallest absolute Gasteiger partial charge is 0.211 e. The predicted molar refractivity (Wildman–Crippen MR) is 108 cm³/mol. The lowest BCUT2D eigenvalue weighted by atomic mass is 9.73. The topological polar surface area (TPSA) is 72.4 Å². The van der Waals surface area contributed by atoms with Gasteiger partial charge in [-0.3, -0.25) is 0 Å². The van der Waals surface area contributed by atoms with E-state index in [1.54, 1.807) is 4.31 Å². The van der Waals surface area contributed by atoms with Crippen molar-refractivity contribution in [1.82, 2.24) is 10.5 Å². The van der Waals surface area contributed by atoms with Crippen molar-refractivity contribution in [3.63, 3.8) is 0 Å². The maximum Gasteiger partial charge on any atom is 0.211 e. The van der Waals surface area contributed by atoms with Crippen molar-refractivity contribution in [3.05, 3.63) is 71.8 Å². The lowest BCUT2D eigenvalue weighted by molar-refractivity contribution is 0.0782. The summed E-state index contributed by atoms with van der Waals surface area (Å²) in [5.74, 6) is 0.304. The molecule has 1 aliphatic heterocycles. The summed E-state index contributed by atoms with van der Waals surface area (Å²) in [4.78, 5) is 0. The van der Waals surface area contributed by atoms with Gasteiger partial charge in [0, 0.05) is 12.1 Å². The Morgan fingerprint density at radius 3 is 2.08 bits per heavy atom. The Labute approximate surface area is 157 Å². The van der Waals surface area contributed by atoms with Crippen LogP contribution >= 0.6 is 0 Å². The summed E-state index contributed by atoms with van der Waals surface area (Å²) in [5, 5.41) is 0. The molecule has 26 heavy (non-hydrogen) atoms. The molecule has 3 N–H and O–H groups in total. The first-order valence-corrected chi connectivity index (χ1v) is 10.8. The molecule has 0 aromatic heterocycles. The summed E-state index contributed by atoms with van der Waals surface area (Å²) in [6, 6.07) is 20.7. The van der Waals surface area contributed by atoms with Crippen LogP contribution in [0.5, 0.6) is 0 Å². The van der Waals surface area contributed by atoms with E-state index >= 15 is 0 Å². The monoisotopic (exact) mass is 374 g/mol. The minimum atomic E-state index is -3.25. The highest BCUT2D eigenvalue weighted by molar-refractivity contribution is 7.88. The summed E-state index contributed by atoms with van der Waals surface area (Å²) in [5.41, 5.74) is 2.07. The van der Waals surface area contributed by atoms with Gasteiger partial charge in [-0.2, -0.15) is 4.31 Å². The quantitative estimate of drug-likeness (QED) is 0.857. The van der Waals surface area contributed by atoms with Crippen molar-refractivity contribution < 1.29 is 8.42 Å². The highest BCUT2D eigenvalue weighted by Gasteiger charge is 2.46. The Hall–Kier alpha value is -1.69. The molecule has 1 aliphatic rings. The fraction of sp³-hybridized carbons (Fsp3) is 0.429. The van der Waals surface area contributed by atoms with Gasteiger partial charge in [-0.25, -0.2) is 8.42 Å². The average Bonchev–Trinajstić information content (AvgIpc) is 2.57. The lowest BCUT2D eigenvalue weighted by Crippen LogP contribution is -2.59. The second-order valence-corrected chi connectivity index (χ2v) is 9.29. The minimum absolute atomic E-state index is 0. The molecule has 142 valence electrons. The van der Waals surface area contributed by atoms with Crippen LogP contribution in [0.25, 0.3) is 0 Å². The highest BCUT2D eigenvalue weighted by atomic mass is 32.2. The van der Waals surface area contributed by atoms with Crippen LogP contribution in [0.3, 0.4) is 0 Å². The third kappa shape index (κ3) is 4.53. The molecule has 2 atom stereocenters. The molecule has 2 aromatic carbocycles. The Kier molecular flexibility index (Phi) is 6.61. The number of hydrogen-bond acceptors (Lipinski definition) is 3. The number of benzene rings is 2. The largest absolute Gasteiger partial charge is 0.344 e. The van der Waals surface area contributed by atoms with E-state index < -0.39 is 15.6 Å². The van der Waals surface area contributed by atoms with E-state index in [1.165, 1.54) is 17.4 Å². The van der Waals surface area contributed by atoms with E-state index in [4.69, 9.17) is 0 Å². The van der Waals surface area contributed by atoms with Gasteiger partial charge < -0.3 is 6.15 Å². The molecule has 0 spiro atoms. The molecule has 1 saturated heterocycles. The molecule has 0 aliphatic carbocycles. The molecule has 0 amide bonds. The van der Waals surface area contributed by atoms with E-state index in [0.717, 1.165) is 25.7 Å². The van der Waals surface area contributed by atoms with Crippen molar-refractivity contribution in [1.29, 1.82) is 0 Å². The van der Waals surface area contributed by atoms with Gasteiger partial charge in [-0.15, -0.1) is 0 Å². The van der Waals surface area contributed by atoms with Crippen LogP contribution in [0.15, 0.2) is 60.7 Å². The molecule has 1 heterocycles. The van der Waals surface area contributed by atoms with Crippen LogP contribution in [-0.2, 0) is 22.9 Å². The SMILES string of the molecule is CC1(Cc2ccccc2)C(Cc2ccccc2)CCCN1S(C)(=O)=O.N. The zero-order valence-corrected chi connectivity index (χ0v) is 16.6. The van der Waals surface area contributed by atoms with Crippen molar-refractivity contribution >= 4 is 10.0 Å². The van der Waals surface area contributed by atoms with Crippen molar-refractivity contribution in [3.8, 4) is 0 Å². The maximum atomic E-state index is 12.5. The van der Waals surface area contributed by atoms with E-state index in [2.05, 4.69) is 43.3 Å². The standard InChI is InChI=1S/C21H27NO2S.H3N/c1-21(17-19-12-7-4-8-13-19)20(16-18-10-5-3-6-11-18)14-9-15-22(21)25(2,23)24;/h3-8,10-13,20H,9,14-17H2,1-2H3;1H3. The molecular formula is C21H30N2O2S. The molecule has 5 heteroatoms. The van der Waals surface area contributed by atoms with Crippen LogP contribution in [0.2, 0.25) is 0 Å². The summed E-state index contributed by atoms with van der Waals surface area (Å²) >= 11 is 0. The average molecular weight is 375 g/mol. The van der Waals surface area contributed by atoms with E-state index in [1.807, 2.05) is 24.3 Å². The number of sulfonamides is 1.